The van der Waals surface area contributed by atoms with E-state index in [1.54, 1.807) is 11.3 Å². The van der Waals surface area contributed by atoms with Crippen LogP contribution in [-0.2, 0) is 13.0 Å². The van der Waals surface area contributed by atoms with Crippen LogP contribution in [0.5, 0.6) is 0 Å². The van der Waals surface area contributed by atoms with Crippen LogP contribution in [0.15, 0.2) is 23.6 Å². The average molecular weight is 258 g/mol. The molecule has 0 fully saturated rings. The normalized spacial score (nSPS) is 10.0. The number of nitrogen functional groups attached to an aromatic ring is 1. The number of aryl methyl sites for hydroxylation is 1. The molecule has 0 unspecified atom stereocenters. The Bertz CT molecular complexity index is 583. The van der Waals surface area contributed by atoms with Gasteiger partial charge in [0.05, 0.1) is 19.0 Å². The molecule has 1 aromatic carbocycles. The van der Waals surface area contributed by atoms with Crippen LogP contribution in [0.25, 0.3) is 0 Å². The predicted octanol–water partition coefficient (Wildman–Crippen LogP) is 2.71. The van der Waals surface area contributed by atoms with E-state index in [2.05, 4.69) is 16.4 Å². The highest BCUT2D eigenvalue weighted by molar-refractivity contribution is 7.09. The van der Waals surface area contributed by atoms with Crippen molar-refractivity contribution in [3.8, 4) is 6.07 Å². The number of hydrogen-bond acceptors (Lipinski definition) is 5. The number of aromatic nitrogens is 1. The molecule has 0 aliphatic rings. The number of rotatable bonds is 4. The first-order valence-corrected chi connectivity index (χ1v) is 6.47. The molecule has 0 spiro atoms. The highest BCUT2D eigenvalue weighted by Crippen LogP contribution is 2.19. The van der Waals surface area contributed by atoms with Crippen molar-refractivity contribution >= 4 is 22.7 Å². The minimum Gasteiger partial charge on any atom is -0.398 e. The molecule has 92 valence electrons. The van der Waals surface area contributed by atoms with Crippen LogP contribution < -0.4 is 11.1 Å². The summed E-state index contributed by atoms with van der Waals surface area (Å²) < 4.78 is 0. The lowest BCUT2D eigenvalue weighted by Crippen LogP contribution is -2.01. The monoisotopic (exact) mass is 258 g/mol. The zero-order chi connectivity index (χ0) is 13.0. The summed E-state index contributed by atoms with van der Waals surface area (Å²) in [5.41, 5.74) is 9.32. The molecule has 0 amide bonds. The Morgan fingerprint density at radius 1 is 1.50 bits per heavy atom. The van der Waals surface area contributed by atoms with Crippen molar-refractivity contribution in [1.82, 2.24) is 4.98 Å². The number of anilines is 2. The van der Waals surface area contributed by atoms with Crippen molar-refractivity contribution in [2.75, 3.05) is 11.1 Å². The third kappa shape index (κ3) is 2.99. The van der Waals surface area contributed by atoms with Gasteiger partial charge in [0.15, 0.2) is 0 Å². The average Bonchev–Trinajstić information content (AvgIpc) is 2.76. The molecule has 0 aliphatic heterocycles. The van der Waals surface area contributed by atoms with Crippen LogP contribution in [0.4, 0.5) is 11.4 Å². The van der Waals surface area contributed by atoms with E-state index in [0.29, 0.717) is 18.7 Å². The van der Waals surface area contributed by atoms with Gasteiger partial charge in [0.1, 0.15) is 5.01 Å². The predicted molar refractivity (Wildman–Crippen MR) is 74.3 cm³/mol. The molecule has 0 bridgehead atoms. The van der Waals surface area contributed by atoms with Crippen molar-refractivity contribution in [3.05, 3.63) is 39.8 Å². The topological polar surface area (TPSA) is 74.7 Å². The first-order valence-electron chi connectivity index (χ1n) is 5.59. The molecule has 3 N–H and O–H groups in total. The van der Waals surface area contributed by atoms with E-state index < -0.39 is 0 Å². The summed E-state index contributed by atoms with van der Waals surface area (Å²) in [6.07, 6.45) is 0.331. The Morgan fingerprint density at radius 3 is 3.00 bits per heavy atom. The number of nitrogens with two attached hydrogens (primary N) is 1. The van der Waals surface area contributed by atoms with E-state index in [4.69, 9.17) is 11.0 Å². The van der Waals surface area contributed by atoms with Gasteiger partial charge >= 0.3 is 0 Å². The van der Waals surface area contributed by atoms with Crippen molar-refractivity contribution in [2.24, 2.45) is 0 Å². The van der Waals surface area contributed by atoms with Crippen LogP contribution in [-0.4, -0.2) is 4.98 Å². The molecule has 2 rings (SSSR count). The first kappa shape index (κ1) is 12.4. The molecule has 18 heavy (non-hydrogen) atoms. The van der Waals surface area contributed by atoms with Gasteiger partial charge in [0, 0.05) is 22.4 Å². The molecule has 0 saturated heterocycles. The van der Waals surface area contributed by atoms with Crippen molar-refractivity contribution in [1.29, 1.82) is 5.26 Å². The fourth-order valence-corrected chi connectivity index (χ4v) is 2.33. The second-order valence-electron chi connectivity index (χ2n) is 3.98. The van der Waals surface area contributed by atoms with E-state index in [0.717, 1.165) is 22.0 Å². The molecule has 1 heterocycles. The number of benzene rings is 1. The molecular weight excluding hydrogens is 244 g/mol. The number of hydrogen-bond donors (Lipinski definition) is 2. The molecule has 0 atom stereocenters. The van der Waals surface area contributed by atoms with Crippen LogP contribution in [0.3, 0.4) is 0 Å². The summed E-state index contributed by atoms with van der Waals surface area (Å²) in [6, 6.07) is 7.76. The summed E-state index contributed by atoms with van der Waals surface area (Å²) in [7, 11) is 0. The molecule has 5 heteroatoms. The minimum absolute atomic E-state index is 0.331. The summed E-state index contributed by atoms with van der Waals surface area (Å²) in [5.74, 6) is 0. The fraction of sp³-hybridized carbons (Fsp3) is 0.231. The third-order valence-corrected chi connectivity index (χ3v) is 3.49. The second kappa shape index (κ2) is 5.52. The van der Waals surface area contributed by atoms with Gasteiger partial charge < -0.3 is 11.1 Å². The largest absolute Gasteiger partial charge is 0.398 e. The SMILES string of the molecule is Cc1csc(CNc2ccc(N)c(CC#N)c2)n1. The number of nitrogens with one attached hydrogen (secondary N) is 1. The smallest absolute Gasteiger partial charge is 0.112 e. The van der Waals surface area contributed by atoms with Gasteiger partial charge in [0.25, 0.3) is 0 Å². The molecular formula is C13H14N4S. The van der Waals surface area contributed by atoms with Gasteiger partial charge in [0.2, 0.25) is 0 Å². The van der Waals surface area contributed by atoms with Gasteiger partial charge in [-0.1, -0.05) is 0 Å². The molecule has 0 radical (unpaired) electrons. The Morgan fingerprint density at radius 2 is 2.33 bits per heavy atom. The summed E-state index contributed by atoms with van der Waals surface area (Å²) in [6.45, 7) is 2.67. The molecule has 0 aliphatic carbocycles. The Balaban J connectivity index is 2.05. The first-order chi connectivity index (χ1) is 8.69. The standard InChI is InChI=1S/C13H14N4S/c1-9-8-18-13(17-9)7-16-11-2-3-12(15)10(6-11)4-5-14/h2-3,6,8,16H,4,7,15H2,1H3. The molecule has 4 nitrogen and oxygen atoms in total. The van der Waals surface area contributed by atoms with E-state index in [1.807, 2.05) is 30.5 Å². The van der Waals surface area contributed by atoms with Gasteiger partial charge in [-0.15, -0.1) is 11.3 Å². The number of nitrogens with zero attached hydrogens (tertiary/aromatic N) is 2. The highest BCUT2D eigenvalue weighted by atomic mass is 32.1. The number of nitriles is 1. The van der Waals surface area contributed by atoms with Crippen molar-refractivity contribution < 1.29 is 0 Å². The van der Waals surface area contributed by atoms with Crippen molar-refractivity contribution in [2.45, 2.75) is 19.9 Å². The van der Waals surface area contributed by atoms with Gasteiger partial charge in [-0.05, 0) is 30.7 Å². The van der Waals surface area contributed by atoms with E-state index in [9.17, 15) is 0 Å². The van der Waals surface area contributed by atoms with E-state index in [-0.39, 0.29) is 0 Å². The Kier molecular flexibility index (Phi) is 3.80. The van der Waals surface area contributed by atoms with E-state index in [1.165, 1.54) is 0 Å². The third-order valence-electron chi connectivity index (χ3n) is 2.52. The summed E-state index contributed by atoms with van der Waals surface area (Å²) in [4.78, 5) is 4.38. The summed E-state index contributed by atoms with van der Waals surface area (Å²) >= 11 is 1.64. The molecule has 1 aromatic heterocycles. The van der Waals surface area contributed by atoms with Crippen LogP contribution in [0.1, 0.15) is 16.3 Å². The Hall–Kier alpha value is -2.06. The maximum absolute atomic E-state index is 8.71. The second-order valence-corrected chi connectivity index (χ2v) is 4.93. The lowest BCUT2D eigenvalue weighted by atomic mass is 10.1. The van der Waals surface area contributed by atoms with Crippen molar-refractivity contribution in [3.63, 3.8) is 0 Å². The minimum atomic E-state index is 0.331. The van der Waals surface area contributed by atoms with Gasteiger partial charge in [-0.25, -0.2) is 4.98 Å². The maximum atomic E-state index is 8.71. The lowest BCUT2D eigenvalue weighted by molar-refractivity contribution is 1.07. The summed E-state index contributed by atoms with van der Waals surface area (Å²) in [5, 5.41) is 15.1. The lowest BCUT2D eigenvalue weighted by Gasteiger charge is -2.07. The molecule has 2 aromatic rings. The number of thiazole rings is 1. The zero-order valence-electron chi connectivity index (χ0n) is 10.1. The maximum Gasteiger partial charge on any atom is 0.112 e. The van der Waals surface area contributed by atoms with Crippen LogP contribution >= 0.6 is 11.3 Å². The fourth-order valence-electron chi connectivity index (χ4n) is 1.62. The quantitative estimate of drug-likeness (QED) is 0.827. The van der Waals surface area contributed by atoms with Gasteiger partial charge in [-0.2, -0.15) is 5.26 Å². The molecule has 0 saturated carbocycles. The van der Waals surface area contributed by atoms with Crippen LogP contribution in [0, 0.1) is 18.3 Å². The Labute approximate surface area is 110 Å². The van der Waals surface area contributed by atoms with E-state index >= 15 is 0 Å². The highest BCUT2D eigenvalue weighted by Gasteiger charge is 2.02. The van der Waals surface area contributed by atoms with Gasteiger partial charge in [-0.3, -0.25) is 0 Å². The van der Waals surface area contributed by atoms with Crippen LogP contribution in [0.2, 0.25) is 0 Å². The zero-order valence-corrected chi connectivity index (χ0v) is 10.9.